The molecule has 1 fully saturated rings. The highest BCUT2D eigenvalue weighted by molar-refractivity contribution is 7.99. The molecule has 0 aliphatic carbocycles. The maximum Gasteiger partial charge on any atom is 0.329 e. The molecule has 140 valence electrons. The van der Waals surface area contributed by atoms with E-state index in [1.165, 1.54) is 24.3 Å². The summed E-state index contributed by atoms with van der Waals surface area (Å²) in [6, 6.07) is 5.10. The largest absolute Gasteiger partial charge is 0.480 e. The average Bonchev–Trinajstić information content (AvgIpc) is 2.62. The second-order valence-electron chi connectivity index (χ2n) is 5.86. The minimum absolute atomic E-state index is 0.0338. The van der Waals surface area contributed by atoms with Crippen molar-refractivity contribution in [1.82, 2.24) is 10.6 Å². The van der Waals surface area contributed by atoms with Crippen molar-refractivity contribution in [1.29, 1.82) is 0 Å². The van der Waals surface area contributed by atoms with E-state index in [0.29, 0.717) is 24.3 Å². The smallest absolute Gasteiger partial charge is 0.329 e. The molecule has 9 nitrogen and oxygen atoms in total. The minimum atomic E-state index is -1.23. The number of nitro benzene ring substituents is 1. The van der Waals surface area contributed by atoms with Crippen LogP contribution in [0.15, 0.2) is 24.3 Å². The molecule has 0 saturated carbocycles. The lowest BCUT2D eigenvalue weighted by atomic mass is 9.92. The van der Waals surface area contributed by atoms with Gasteiger partial charge in [-0.15, -0.1) is 0 Å². The molecule has 1 aliphatic rings. The number of hydrogen-bond donors (Lipinski definition) is 3. The van der Waals surface area contributed by atoms with Gasteiger partial charge in [0.15, 0.2) is 0 Å². The Bertz CT molecular complexity index is 700. The van der Waals surface area contributed by atoms with Crippen LogP contribution >= 0.6 is 11.8 Å². The second-order valence-corrected chi connectivity index (χ2v) is 7.08. The van der Waals surface area contributed by atoms with Crippen molar-refractivity contribution in [3.8, 4) is 0 Å². The predicted octanol–water partition coefficient (Wildman–Crippen LogP) is 1.18. The molecule has 1 heterocycles. The van der Waals surface area contributed by atoms with Gasteiger partial charge in [0.2, 0.25) is 5.91 Å². The number of carboxylic acid groups (broad SMARTS) is 1. The molecular weight excluding hydrogens is 362 g/mol. The monoisotopic (exact) mass is 381 g/mol. The molecule has 1 aromatic carbocycles. The number of carbonyl (C=O) groups excluding carboxylic acids is 2. The Hall–Kier alpha value is -2.62. The van der Waals surface area contributed by atoms with Gasteiger partial charge in [0.1, 0.15) is 5.54 Å². The molecule has 2 rings (SSSR count). The maximum absolute atomic E-state index is 12.1. The summed E-state index contributed by atoms with van der Waals surface area (Å²) in [4.78, 5) is 45.5. The van der Waals surface area contributed by atoms with E-state index in [-0.39, 0.29) is 24.2 Å². The van der Waals surface area contributed by atoms with Crippen LogP contribution in [0.5, 0.6) is 0 Å². The van der Waals surface area contributed by atoms with Crippen LogP contribution in [0.4, 0.5) is 5.69 Å². The Morgan fingerprint density at radius 3 is 2.35 bits per heavy atom. The summed E-state index contributed by atoms with van der Waals surface area (Å²) in [5.74, 6) is -0.605. The third kappa shape index (κ3) is 4.94. The zero-order valence-corrected chi connectivity index (χ0v) is 14.7. The summed E-state index contributed by atoms with van der Waals surface area (Å²) in [5, 5.41) is 25.1. The molecule has 0 aromatic heterocycles. The highest BCUT2D eigenvalue weighted by atomic mass is 32.2. The summed E-state index contributed by atoms with van der Waals surface area (Å²) in [7, 11) is 0. The highest BCUT2D eigenvalue weighted by Gasteiger charge is 2.41. The Morgan fingerprint density at radius 1 is 1.19 bits per heavy atom. The summed E-state index contributed by atoms with van der Waals surface area (Å²) in [6.45, 7) is 0.0338. The number of carboxylic acids is 1. The predicted molar refractivity (Wildman–Crippen MR) is 95.1 cm³/mol. The van der Waals surface area contributed by atoms with Crippen LogP contribution in [0.25, 0.3) is 0 Å². The number of aliphatic carboxylic acids is 1. The Labute approximate surface area is 153 Å². The minimum Gasteiger partial charge on any atom is -0.480 e. The number of amides is 2. The van der Waals surface area contributed by atoms with Crippen LogP contribution in [-0.4, -0.2) is 51.4 Å². The number of nitrogens with one attached hydrogen (secondary N) is 2. The normalized spacial score (nSPS) is 15.7. The van der Waals surface area contributed by atoms with E-state index in [1.807, 2.05) is 0 Å². The third-order valence-corrected chi connectivity index (χ3v) is 5.10. The van der Waals surface area contributed by atoms with Crippen LogP contribution in [-0.2, 0) is 9.59 Å². The molecule has 0 bridgehead atoms. The van der Waals surface area contributed by atoms with E-state index >= 15 is 0 Å². The van der Waals surface area contributed by atoms with E-state index in [2.05, 4.69) is 10.6 Å². The van der Waals surface area contributed by atoms with Crippen LogP contribution < -0.4 is 10.6 Å². The van der Waals surface area contributed by atoms with Crippen molar-refractivity contribution < 1.29 is 24.4 Å². The maximum atomic E-state index is 12.1. The van der Waals surface area contributed by atoms with Crippen LogP contribution in [0.1, 0.15) is 29.6 Å². The van der Waals surface area contributed by atoms with E-state index in [4.69, 9.17) is 0 Å². The molecule has 10 heteroatoms. The van der Waals surface area contributed by atoms with Crippen molar-refractivity contribution in [2.45, 2.75) is 24.8 Å². The van der Waals surface area contributed by atoms with Gasteiger partial charge < -0.3 is 15.7 Å². The molecule has 26 heavy (non-hydrogen) atoms. The average molecular weight is 381 g/mol. The first-order valence-electron chi connectivity index (χ1n) is 7.99. The van der Waals surface area contributed by atoms with Gasteiger partial charge in [-0.1, -0.05) is 0 Å². The van der Waals surface area contributed by atoms with Gasteiger partial charge in [0.05, 0.1) is 4.92 Å². The fourth-order valence-corrected chi connectivity index (χ4v) is 3.76. The van der Waals surface area contributed by atoms with Gasteiger partial charge in [-0.3, -0.25) is 19.7 Å². The van der Waals surface area contributed by atoms with E-state index in [9.17, 15) is 29.6 Å². The summed E-state index contributed by atoms with van der Waals surface area (Å²) in [5.41, 5.74) is -1.11. The van der Waals surface area contributed by atoms with Crippen molar-refractivity contribution in [2.75, 3.05) is 18.1 Å². The van der Waals surface area contributed by atoms with Crippen molar-refractivity contribution in [2.24, 2.45) is 0 Å². The molecule has 0 atom stereocenters. The van der Waals surface area contributed by atoms with Gasteiger partial charge in [-0.2, -0.15) is 11.8 Å². The number of non-ortho nitro benzene ring substituents is 1. The van der Waals surface area contributed by atoms with Gasteiger partial charge in [-0.25, -0.2) is 4.79 Å². The SMILES string of the molecule is O=C(CCNC(=O)c1ccc([N+](=O)[O-])cc1)NC1(C(=O)O)CCSCC1. The quantitative estimate of drug-likeness (QED) is 0.476. The number of carbonyl (C=O) groups is 3. The Morgan fingerprint density at radius 2 is 1.81 bits per heavy atom. The number of hydrogen-bond acceptors (Lipinski definition) is 6. The van der Waals surface area contributed by atoms with Gasteiger partial charge in [-0.05, 0) is 36.5 Å². The zero-order valence-electron chi connectivity index (χ0n) is 13.9. The van der Waals surface area contributed by atoms with Gasteiger partial charge in [0, 0.05) is 30.7 Å². The molecule has 2 amide bonds. The fraction of sp³-hybridized carbons (Fsp3) is 0.438. The summed E-state index contributed by atoms with van der Waals surface area (Å²) >= 11 is 1.65. The van der Waals surface area contributed by atoms with Crippen molar-refractivity contribution >= 4 is 35.2 Å². The third-order valence-electron chi connectivity index (χ3n) is 4.11. The number of benzene rings is 1. The van der Waals surface area contributed by atoms with Crippen LogP contribution in [0.3, 0.4) is 0 Å². The lowest BCUT2D eigenvalue weighted by Gasteiger charge is -2.33. The number of nitro groups is 1. The second kappa shape index (κ2) is 8.65. The van der Waals surface area contributed by atoms with Crippen molar-refractivity contribution in [3.63, 3.8) is 0 Å². The lowest BCUT2D eigenvalue weighted by molar-refractivity contribution is -0.384. The molecule has 3 N–H and O–H groups in total. The first-order valence-corrected chi connectivity index (χ1v) is 9.14. The standard InChI is InChI=1S/C16H19N3O6S/c20-13(18-16(15(22)23)6-9-26-10-7-16)5-8-17-14(21)11-1-3-12(4-2-11)19(24)25/h1-4H,5-10H2,(H,17,21)(H,18,20)(H,22,23). The number of thioether (sulfide) groups is 1. The molecule has 1 saturated heterocycles. The first kappa shape index (κ1) is 19.7. The topological polar surface area (TPSA) is 139 Å². The molecule has 0 spiro atoms. The van der Waals surface area contributed by atoms with Crippen molar-refractivity contribution in [3.05, 3.63) is 39.9 Å². The molecular formula is C16H19N3O6S. The molecule has 0 radical (unpaired) electrons. The Balaban J connectivity index is 1.82. The first-order chi connectivity index (χ1) is 12.3. The number of rotatable bonds is 7. The van der Waals surface area contributed by atoms with E-state index in [0.717, 1.165) is 0 Å². The highest BCUT2D eigenvalue weighted by Crippen LogP contribution is 2.27. The van der Waals surface area contributed by atoms with Gasteiger partial charge >= 0.3 is 5.97 Å². The fourth-order valence-electron chi connectivity index (χ4n) is 2.57. The lowest BCUT2D eigenvalue weighted by Crippen LogP contribution is -2.56. The molecule has 1 aromatic rings. The van der Waals surface area contributed by atoms with Gasteiger partial charge in [0.25, 0.3) is 11.6 Å². The molecule has 0 unspecified atom stereocenters. The zero-order chi connectivity index (χ0) is 19.2. The van der Waals surface area contributed by atoms with E-state index < -0.39 is 28.2 Å². The van der Waals surface area contributed by atoms with Crippen LogP contribution in [0.2, 0.25) is 0 Å². The summed E-state index contributed by atoms with van der Waals surface area (Å²) < 4.78 is 0. The summed E-state index contributed by atoms with van der Waals surface area (Å²) in [6.07, 6.45) is 0.683. The van der Waals surface area contributed by atoms with Crippen LogP contribution in [0, 0.1) is 10.1 Å². The molecule has 1 aliphatic heterocycles. The number of nitrogens with zero attached hydrogens (tertiary/aromatic N) is 1. The van der Waals surface area contributed by atoms with E-state index in [1.54, 1.807) is 11.8 Å². The Kier molecular flexibility index (Phi) is 6.56.